The van der Waals surface area contributed by atoms with Crippen molar-refractivity contribution in [3.05, 3.63) is 88.3 Å². The Labute approximate surface area is 162 Å². The van der Waals surface area contributed by atoms with Gasteiger partial charge in [-0.2, -0.15) is 0 Å². The van der Waals surface area contributed by atoms with Crippen LogP contribution in [0.4, 0.5) is 5.00 Å². The maximum atomic E-state index is 12.4. The highest BCUT2D eigenvalue weighted by Gasteiger charge is 2.20. The molecule has 3 aromatic rings. The summed E-state index contributed by atoms with van der Waals surface area (Å²) in [6.07, 6.45) is 0. The third kappa shape index (κ3) is 4.81. The molecular weight excluding hydrogens is 358 g/mol. The third-order valence-electron chi connectivity index (χ3n) is 4.32. The first-order valence-electron chi connectivity index (χ1n) is 8.66. The van der Waals surface area contributed by atoms with E-state index in [9.17, 15) is 9.59 Å². The highest BCUT2D eigenvalue weighted by atomic mass is 32.1. The minimum absolute atomic E-state index is 0.0106. The summed E-state index contributed by atoms with van der Waals surface area (Å²) in [7, 11) is 0. The van der Waals surface area contributed by atoms with Gasteiger partial charge in [0.15, 0.2) is 6.54 Å². The van der Waals surface area contributed by atoms with E-state index in [2.05, 4.69) is 48.6 Å². The number of rotatable bonds is 7. The van der Waals surface area contributed by atoms with Crippen LogP contribution in [0.2, 0.25) is 0 Å². The van der Waals surface area contributed by atoms with Gasteiger partial charge in [-0.3, -0.25) is 9.59 Å². The van der Waals surface area contributed by atoms with Crippen LogP contribution in [-0.2, 0) is 4.79 Å². The van der Waals surface area contributed by atoms with Crippen molar-refractivity contribution in [1.82, 2.24) is 0 Å². The van der Waals surface area contributed by atoms with Crippen molar-refractivity contribution in [3.8, 4) is 0 Å². The van der Waals surface area contributed by atoms with Gasteiger partial charge in [-0.15, -0.1) is 11.3 Å². The lowest BCUT2D eigenvalue weighted by molar-refractivity contribution is -0.676. The summed E-state index contributed by atoms with van der Waals surface area (Å²) in [5.41, 5.74) is 9.12. The molecule has 0 bridgehead atoms. The van der Waals surface area contributed by atoms with Gasteiger partial charge in [0, 0.05) is 11.1 Å². The number of quaternary nitrogens is 1. The van der Waals surface area contributed by atoms with Crippen LogP contribution in [0.1, 0.15) is 33.1 Å². The first-order valence-corrected chi connectivity index (χ1v) is 9.54. The zero-order chi connectivity index (χ0) is 19.2. The van der Waals surface area contributed by atoms with Crippen LogP contribution >= 0.6 is 11.3 Å². The van der Waals surface area contributed by atoms with Crippen LogP contribution in [0.15, 0.2) is 66.0 Å². The van der Waals surface area contributed by atoms with Crippen molar-refractivity contribution in [2.45, 2.75) is 13.0 Å². The number of nitrogens with two attached hydrogens (primary N) is 2. The Morgan fingerprint density at radius 1 is 1.04 bits per heavy atom. The lowest BCUT2D eigenvalue weighted by Crippen LogP contribution is -2.87. The van der Waals surface area contributed by atoms with E-state index in [0.29, 0.717) is 10.6 Å². The fourth-order valence-electron chi connectivity index (χ4n) is 2.90. The molecule has 3 rings (SSSR count). The van der Waals surface area contributed by atoms with Gasteiger partial charge in [-0.25, -0.2) is 0 Å². The average Bonchev–Trinajstić information content (AvgIpc) is 3.12. The summed E-state index contributed by atoms with van der Waals surface area (Å²) in [5, 5.41) is 7.01. The molecule has 1 aromatic heterocycles. The Morgan fingerprint density at radius 2 is 1.70 bits per heavy atom. The number of hydrogen-bond donors (Lipinski definition) is 3. The fraction of sp³-hybridized carbons (Fsp3) is 0.143. The predicted molar refractivity (Wildman–Crippen MR) is 108 cm³/mol. The molecule has 2 amide bonds. The quantitative estimate of drug-likeness (QED) is 0.588. The van der Waals surface area contributed by atoms with Gasteiger partial charge in [0.25, 0.3) is 11.8 Å². The number of primary amides is 1. The molecule has 1 atom stereocenters. The maximum absolute atomic E-state index is 12.4. The predicted octanol–water partition coefficient (Wildman–Crippen LogP) is 2.45. The number of amides is 2. The molecule has 5 nitrogen and oxygen atoms in total. The maximum Gasteiger partial charge on any atom is 0.280 e. The first-order chi connectivity index (χ1) is 13.0. The topological polar surface area (TPSA) is 88.8 Å². The summed E-state index contributed by atoms with van der Waals surface area (Å²) in [6.45, 7) is 2.28. The number of benzene rings is 2. The number of carbonyl (C=O) groups is 2. The number of aryl methyl sites for hydroxylation is 1. The summed E-state index contributed by atoms with van der Waals surface area (Å²) < 4.78 is 0. The average molecular weight is 380 g/mol. The Balaban J connectivity index is 1.73. The fourth-order valence-corrected chi connectivity index (χ4v) is 3.71. The summed E-state index contributed by atoms with van der Waals surface area (Å²) in [4.78, 5) is 23.8. The minimum Gasteiger partial charge on any atom is -0.366 e. The highest BCUT2D eigenvalue weighted by molar-refractivity contribution is 7.14. The molecule has 0 radical (unpaired) electrons. The zero-order valence-corrected chi connectivity index (χ0v) is 15.8. The number of nitrogens with one attached hydrogen (secondary N) is 1. The third-order valence-corrected chi connectivity index (χ3v) is 5.15. The molecular formula is C21H22N3O2S+. The Morgan fingerprint density at radius 3 is 2.37 bits per heavy atom. The molecule has 0 aliphatic heterocycles. The van der Waals surface area contributed by atoms with E-state index in [4.69, 9.17) is 5.73 Å². The minimum atomic E-state index is -0.544. The number of carbonyl (C=O) groups excluding carboxylic acids is 2. The molecule has 0 aliphatic carbocycles. The van der Waals surface area contributed by atoms with Gasteiger partial charge in [0.1, 0.15) is 11.0 Å². The van der Waals surface area contributed by atoms with Crippen molar-refractivity contribution >= 4 is 28.2 Å². The van der Waals surface area contributed by atoms with Gasteiger partial charge in [0.2, 0.25) is 0 Å². The van der Waals surface area contributed by atoms with Gasteiger partial charge in [-0.1, -0.05) is 60.2 Å². The molecule has 0 unspecified atom stereocenters. The van der Waals surface area contributed by atoms with Gasteiger partial charge < -0.3 is 16.4 Å². The Hall–Kier alpha value is -2.96. The van der Waals surface area contributed by atoms with Gasteiger partial charge in [0.05, 0.1) is 5.56 Å². The van der Waals surface area contributed by atoms with Gasteiger partial charge >= 0.3 is 0 Å². The van der Waals surface area contributed by atoms with E-state index in [1.807, 2.05) is 23.5 Å². The van der Waals surface area contributed by atoms with E-state index in [0.717, 1.165) is 11.1 Å². The van der Waals surface area contributed by atoms with Crippen molar-refractivity contribution in [2.75, 3.05) is 11.9 Å². The molecule has 1 heterocycles. The Bertz CT molecular complexity index is 920. The number of hydrogen-bond acceptors (Lipinski definition) is 3. The Kier molecular flexibility index (Phi) is 6.01. The smallest absolute Gasteiger partial charge is 0.280 e. The summed E-state index contributed by atoms with van der Waals surface area (Å²) in [6, 6.07) is 20.0. The van der Waals surface area contributed by atoms with Crippen molar-refractivity contribution in [3.63, 3.8) is 0 Å². The number of anilines is 1. The molecule has 0 aliphatic rings. The standard InChI is InChI=1S/C21H21N3O2S/c1-14-7-9-16(10-8-14)19(15-5-3-2-4-6-15)23-13-18(25)24-21-17(20(22)26)11-12-27-21/h2-12,19,23H,13H2,1H3,(H2,22,26)(H,24,25)/p+1/t19-/m1/s1. The molecule has 0 spiro atoms. The van der Waals surface area contributed by atoms with E-state index < -0.39 is 5.91 Å². The molecule has 6 heteroatoms. The first kappa shape index (κ1) is 18.8. The van der Waals surface area contributed by atoms with E-state index >= 15 is 0 Å². The van der Waals surface area contributed by atoms with Crippen LogP contribution in [0.3, 0.4) is 0 Å². The molecule has 27 heavy (non-hydrogen) atoms. The van der Waals surface area contributed by atoms with Crippen molar-refractivity contribution in [1.29, 1.82) is 0 Å². The molecule has 5 N–H and O–H groups in total. The molecule has 2 aromatic carbocycles. The lowest BCUT2D eigenvalue weighted by Gasteiger charge is -2.16. The SMILES string of the molecule is Cc1ccc([C@H]([NH2+]CC(=O)Nc2sccc2C(N)=O)c2ccccc2)cc1. The van der Waals surface area contributed by atoms with Gasteiger partial charge in [-0.05, 0) is 18.4 Å². The second-order valence-corrected chi connectivity index (χ2v) is 7.23. The van der Waals surface area contributed by atoms with E-state index in [1.54, 1.807) is 11.4 Å². The second-order valence-electron chi connectivity index (χ2n) is 6.31. The van der Waals surface area contributed by atoms with Crippen LogP contribution < -0.4 is 16.4 Å². The molecule has 0 saturated carbocycles. The van der Waals surface area contributed by atoms with Crippen molar-refractivity contribution in [2.24, 2.45) is 5.73 Å². The van der Waals surface area contributed by atoms with E-state index in [1.165, 1.54) is 16.9 Å². The van der Waals surface area contributed by atoms with Crippen LogP contribution in [0.5, 0.6) is 0 Å². The lowest BCUT2D eigenvalue weighted by atomic mass is 9.98. The summed E-state index contributed by atoms with van der Waals surface area (Å²) in [5.74, 6) is -0.717. The second kappa shape index (κ2) is 8.62. The van der Waals surface area contributed by atoms with Crippen LogP contribution in [0.25, 0.3) is 0 Å². The van der Waals surface area contributed by atoms with Crippen LogP contribution in [0, 0.1) is 6.92 Å². The van der Waals surface area contributed by atoms with E-state index in [-0.39, 0.29) is 18.5 Å². The molecule has 138 valence electrons. The largest absolute Gasteiger partial charge is 0.366 e. The normalized spacial score (nSPS) is 11.7. The monoisotopic (exact) mass is 380 g/mol. The number of thiophene rings is 1. The zero-order valence-electron chi connectivity index (χ0n) is 15.0. The summed E-state index contributed by atoms with van der Waals surface area (Å²) >= 11 is 1.29. The molecule has 0 saturated heterocycles. The molecule has 0 fully saturated rings. The highest BCUT2D eigenvalue weighted by Crippen LogP contribution is 2.22. The van der Waals surface area contributed by atoms with Crippen molar-refractivity contribution < 1.29 is 14.9 Å². The van der Waals surface area contributed by atoms with Crippen LogP contribution in [-0.4, -0.2) is 18.4 Å².